The highest BCUT2D eigenvalue weighted by atomic mass is 79.9. The summed E-state index contributed by atoms with van der Waals surface area (Å²) in [5.74, 6) is -0.282. The van der Waals surface area contributed by atoms with E-state index in [2.05, 4.69) is 29.4 Å². The molecule has 0 unspecified atom stereocenters. The molecular weight excluding hydrogens is 268 g/mol. The van der Waals surface area contributed by atoms with Crippen molar-refractivity contribution < 1.29 is 9.53 Å². The summed E-state index contributed by atoms with van der Waals surface area (Å²) in [5.41, 5.74) is 1.53. The maximum absolute atomic E-state index is 11.7. The van der Waals surface area contributed by atoms with Crippen molar-refractivity contribution in [2.24, 2.45) is 0 Å². The minimum absolute atomic E-state index is 0.282. The van der Waals surface area contributed by atoms with Crippen LogP contribution in [-0.2, 0) is 4.74 Å². The maximum Gasteiger partial charge on any atom is 0.339 e. The third kappa shape index (κ3) is 3.49. The van der Waals surface area contributed by atoms with Gasteiger partial charge in [-0.3, -0.25) is 0 Å². The Morgan fingerprint density at radius 1 is 1.56 bits per heavy atom. The van der Waals surface area contributed by atoms with Gasteiger partial charge in [-0.1, -0.05) is 32.1 Å². The molecular formula is C13H15BrO2. The van der Waals surface area contributed by atoms with Crippen LogP contribution < -0.4 is 0 Å². The number of ether oxygens (including phenoxy) is 1. The Kier molecular flexibility index (Phi) is 5.26. The van der Waals surface area contributed by atoms with Gasteiger partial charge in [0.15, 0.2) is 0 Å². The molecule has 0 amide bonds. The number of benzene rings is 1. The minimum Gasteiger partial charge on any atom is -0.462 e. The average Bonchev–Trinajstić information content (AvgIpc) is 2.29. The van der Waals surface area contributed by atoms with Crippen molar-refractivity contribution in [1.29, 1.82) is 0 Å². The first kappa shape index (κ1) is 13.0. The van der Waals surface area contributed by atoms with Gasteiger partial charge in [-0.2, -0.15) is 0 Å². The fourth-order valence-corrected chi connectivity index (χ4v) is 1.77. The molecule has 0 saturated heterocycles. The van der Waals surface area contributed by atoms with Gasteiger partial charge >= 0.3 is 5.97 Å². The SMILES string of the molecule is C=Cc1ccc(C(=O)OCCCC)c(Br)c1. The Bertz CT molecular complexity index is 386. The first-order valence-electron chi connectivity index (χ1n) is 5.28. The van der Waals surface area contributed by atoms with Crippen LogP contribution in [0.3, 0.4) is 0 Å². The molecule has 0 saturated carbocycles. The van der Waals surface area contributed by atoms with Crippen LogP contribution in [0.5, 0.6) is 0 Å². The van der Waals surface area contributed by atoms with Gasteiger partial charge in [0.25, 0.3) is 0 Å². The number of hydrogen-bond donors (Lipinski definition) is 0. The second-order valence-corrected chi connectivity index (χ2v) is 4.29. The third-order valence-corrected chi connectivity index (χ3v) is 2.84. The van der Waals surface area contributed by atoms with Crippen molar-refractivity contribution in [2.45, 2.75) is 19.8 Å². The predicted octanol–water partition coefficient (Wildman–Crippen LogP) is 4.05. The molecule has 0 spiro atoms. The molecule has 0 aliphatic rings. The molecule has 1 aromatic carbocycles. The fourth-order valence-electron chi connectivity index (χ4n) is 1.21. The number of hydrogen-bond acceptors (Lipinski definition) is 2. The minimum atomic E-state index is -0.282. The lowest BCUT2D eigenvalue weighted by molar-refractivity contribution is 0.0498. The van der Waals surface area contributed by atoms with Gasteiger partial charge in [-0.15, -0.1) is 0 Å². The smallest absolute Gasteiger partial charge is 0.339 e. The van der Waals surface area contributed by atoms with E-state index in [9.17, 15) is 4.79 Å². The molecule has 0 atom stereocenters. The highest BCUT2D eigenvalue weighted by Crippen LogP contribution is 2.20. The summed E-state index contributed by atoms with van der Waals surface area (Å²) in [6.45, 7) is 6.21. The quantitative estimate of drug-likeness (QED) is 0.602. The first-order chi connectivity index (χ1) is 7.69. The van der Waals surface area contributed by atoms with E-state index >= 15 is 0 Å². The third-order valence-electron chi connectivity index (χ3n) is 2.18. The molecule has 2 nitrogen and oxygen atoms in total. The lowest BCUT2D eigenvalue weighted by Crippen LogP contribution is -2.07. The molecule has 1 aromatic rings. The van der Waals surface area contributed by atoms with E-state index in [1.165, 1.54) is 0 Å². The summed E-state index contributed by atoms with van der Waals surface area (Å²) in [7, 11) is 0. The standard InChI is InChI=1S/C13H15BrO2/c1-3-5-8-16-13(15)11-7-6-10(4-2)9-12(11)14/h4,6-7,9H,2-3,5,8H2,1H3. The van der Waals surface area contributed by atoms with E-state index < -0.39 is 0 Å². The lowest BCUT2D eigenvalue weighted by atomic mass is 10.1. The van der Waals surface area contributed by atoms with Crippen LogP contribution >= 0.6 is 15.9 Å². The van der Waals surface area contributed by atoms with Crippen molar-refractivity contribution in [1.82, 2.24) is 0 Å². The van der Waals surface area contributed by atoms with Crippen LogP contribution in [0.4, 0.5) is 0 Å². The number of esters is 1. The molecule has 0 aliphatic heterocycles. The average molecular weight is 283 g/mol. The Balaban J connectivity index is 2.72. The molecule has 0 bridgehead atoms. The topological polar surface area (TPSA) is 26.3 Å². The van der Waals surface area contributed by atoms with E-state index in [0.717, 1.165) is 22.9 Å². The zero-order valence-corrected chi connectivity index (χ0v) is 10.9. The Hall–Kier alpha value is -1.09. The number of unbranched alkanes of at least 4 members (excludes halogenated alkanes) is 1. The summed E-state index contributed by atoms with van der Waals surface area (Å²) in [6, 6.07) is 5.44. The lowest BCUT2D eigenvalue weighted by Gasteiger charge is -2.06. The summed E-state index contributed by atoms with van der Waals surface area (Å²) in [4.78, 5) is 11.7. The van der Waals surface area contributed by atoms with Gasteiger partial charge in [-0.25, -0.2) is 4.79 Å². The summed E-state index contributed by atoms with van der Waals surface area (Å²) < 4.78 is 5.87. The predicted molar refractivity (Wildman–Crippen MR) is 69.4 cm³/mol. The molecule has 0 heterocycles. The van der Waals surface area contributed by atoms with Crippen molar-refractivity contribution in [3.05, 3.63) is 40.4 Å². The van der Waals surface area contributed by atoms with Crippen LogP contribution in [0.1, 0.15) is 35.7 Å². The van der Waals surface area contributed by atoms with E-state index in [1.54, 1.807) is 12.1 Å². The van der Waals surface area contributed by atoms with Gasteiger partial charge in [0.05, 0.1) is 12.2 Å². The Labute approximate surface area is 104 Å². The van der Waals surface area contributed by atoms with Crippen LogP contribution in [0, 0.1) is 0 Å². The monoisotopic (exact) mass is 282 g/mol. The second-order valence-electron chi connectivity index (χ2n) is 3.43. The van der Waals surface area contributed by atoms with E-state index in [-0.39, 0.29) is 5.97 Å². The highest BCUT2D eigenvalue weighted by molar-refractivity contribution is 9.10. The van der Waals surface area contributed by atoms with Crippen LogP contribution in [0.15, 0.2) is 29.3 Å². The van der Waals surface area contributed by atoms with Gasteiger partial charge in [0.2, 0.25) is 0 Å². The number of halogens is 1. The van der Waals surface area contributed by atoms with E-state index in [0.29, 0.717) is 12.2 Å². The zero-order valence-electron chi connectivity index (χ0n) is 9.33. The largest absolute Gasteiger partial charge is 0.462 e. The first-order valence-corrected chi connectivity index (χ1v) is 6.07. The summed E-state index contributed by atoms with van der Waals surface area (Å²) in [6.07, 6.45) is 3.65. The van der Waals surface area contributed by atoms with Crippen LogP contribution in [0.25, 0.3) is 6.08 Å². The van der Waals surface area contributed by atoms with E-state index in [1.807, 2.05) is 12.1 Å². The Morgan fingerprint density at radius 2 is 2.31 bits per heavy atom. The van der Waals surface area contributed by atoms with Crippen LogP contribution in [0.2, 0.25) is 0 Å². The Morgan fingerprint density at radius 3 is 2.88 bits per heavy atom. The van der Waals surface area contributed by atoms with Gasteiger partial charge < -0.3 is 4.74 Å². The van der Waals surface area contributed by atoms with Gasteiger partial charge in [0.1, 0.15) is 0 Å². The zero-order chi connectivity index (χ0) is 12.0. The molecule has 1 rings (SSSR count). The van der Waals surface area contributed by atoms with E-state index in [4.69, 9.17) is 4.74 Å². The molecule has 0 fully saturated rings. The highest BCUT2D eigenvalue weighted by Gasteiger charge is 2.10. The maximum atomic E-state index is 11.7. The van der Waals surface area contributed by atoms with Gasteiger partial charge in [-0.05, 0) is 40.0 Å². The molecule has 3 heteroatoms. The molecule has 0 radical (unpaired) electrons. The summed E-state index contributed by atoms with van der Waals surface area (Å²) >= 11 is 3.35. The fraction of sp³-hybridized carbons (Fsp3) is 0.308. The van der Waals surface area contributed by atoms with Crippen molar-refractivity contribution in [3.8, 4) is 0 Å². The molecule has 16 heavy (non-hydrogen) atoms. The number of carbonyl (C=O) groups excluding carboxylic acids is 1. The van der Waals surface area contributed by atoms with Crippen molar-refractivity contribution in [3.63, 3.8) is 0 Å². The molecule has 0 N–H and O–H groups in total. The second kappa shape index (κ2) is 6.48. The van der Waals surface area contributed by atoms with Crippen molar-refractivity contribution >= 4 is 28.0 Å². The summed E-state index contributed by atoms with van der Waals surface area (Å²) in [5, 5.41) is 0. The normalized spacial score (nSPS) is 9.88. The number of carbonyl (C=O) groups is 1. The molecule has 0 aliphatic carbocycles. The van der Waals surface area contributed by atoms with Crippen LogP contribution in [-0.4, -0.2) is 12.6 Å². The molecule has 0 aromatic heterocycles. The van der Waals surface area contributed by atoms with Gasteiger partial charge in [0, 0.05) is 4.47 Å². The van der Waals surface area contributed by atoms with Crippen molar-refractivity contribution in [2.75, 3.05) is 6.61 Å². The number of rotatable bonds is 5. The molecule has 86 valence electrons.